The monoisotopic (exact) mass is 288 g/mol. The number of pyridine rings is 1. The van der Waals surface area contributed by atoms with Crippen LogP contribution in [0.25, 0.3) is 0 Å². The van der Waals surface area contributed by atoms with Crippen LogP contribution in [-0.4, -0.2) is 28.5 Å². The minimum atomic E-state index is -1.00. The zero-order chi connectivity index (χ0) is 15.2. The number of aromatic carboxylic acids is 1. The van der Waals surface area contributed by atoms with E-state index in [2.05, 4.69) is 10.3 Å². The number of aromatic nitrogens is 1. The largest absolute Gasteiger partial charge is 0.478 e. The van der Waals surface area contributed by atoms with Crippen LogP contribution < -0.4 is 5.32 Å². The number of hydrogen-bond acceptors (Lipinski definition) is 3. The number of nitrogens with one attached hydrogen (secondary N) is 1. The molecule has 0 aliphatic heterocycles. The van der Waals surface area contributed by atoms with Gasteiger partial charge in [-0.2, -0.15) is 4.39 Å². The van der Waals surface area contributed by atoms with Gasteiger partial charge in [-0.1, -0.05) is 12.1 Å². The SMILES string of the molecule is O=C(O)c1cccc(CCNC(=O)c2cccnc2F)c1. The lowest BCUT2D eigenvalue weighted by atomic mass is 10.1. The first-order chi connectivity index (χ1) is 10.1. The Morgan fingerprint density at radius 1 is 1.24 bits per heavy atom. The predicted octanol–water partition coefficient (Wildman–Crippen LogP) is 1.89. The first-order valence-corrected chi connectivity index (χ1v) is 6.29. The molecule has 21 heavy (non-hydrogen) atoms. The third-order valence-electron chi connectivity index (χ3n) is 2.88. The molecular weight excluding hydrogens is 275 g/mol. The lowest BCUT2D eigenvalue weighted by Gasteiger charge is -2.06. The molecule has 2 N–H and O–H groups in total. The molecule has 0 radical (unpaired) electrons. The third kappa shape index (κ3) is 3.85. The molecule has 1 aromatic carbocycles. The van der Waals surface area contributed by atoms with Crippen molar-refractivity contribution in [2.24, 2.45) is 0 Å². The van der Waals surface area contributed by atoms with E-state index in [0.717, 1.165) is 5.56 Å². The molecule has 1 amide bonds. The van der Waals surface area contributed by atoms with Gasteiger partial charge in [0.2, 0.25) is 5.95 Å². The Bertz CT molecular complexity index is 673. The Hall–Kier alpha value is -2.76. The van der Waals surface area contributed by atoms with Gasteiger partial charge in [0.05, 0.1) is 11.1 Å². The second-order valence-electron chi connectivity index (χ2n) is 4.35. The lowest BCUT2D eigenvalue weighted by molar-refractivity contribution is 0.0696. The first kappa shape index (κ1) is 14.6. The van der Waals surface area contributed by atoms with Crippen molar-refractivity contribution in [2.45, 2.75) is 6.42 Å². The van der Waals surface area contributed by atoms with Crippen molar-refractivity contribution in [3.63, 3.8) is 0 Å². The zero-order valence-corrected chi connectivity index (χ0v) is 11.0. The molecule has 0 aliphatic carbocycles. The van der Waals surface area contributed by atoms with Gasteiger partial charge in [-0.05, 0) is 36.2 Å². The number of nitrogens with zero attached hydrogens (tertiary/aromatic N) is 1. The van der Waals surface area contributed by atoms with E-state index in [1.165, 1.54) is 24.4 Å². The number of hydrogen-bond donors (Lipinski definition) is 2. The highest BCUT2D eigenvalue weighted by molar-refractivity contribution is 5.94. The van der Waals surface area contributed by atoms with Crippen molar-refractivity contribution in [1.29, 1.82) is 0 Å². The summed E-state index contributed by atoms with van der Waals surface area (Å²) in [6.07, 6.45) is 1.72. The quantitative estimate of drug-likeness (QED) is 0.823. The maximum Gasteiger partial charge on any atom is 0.335 e. The average Bonchev–Trinajstić information content (AvgIpc) is 2.48. The van der Waals surface area contributed by atoms with Crippen LogP contribution in [0.3, 0.4) is 0 Å². The van der Waals surface area contributed by atoms with E-state index in [-0.39, 0.29) is 17.7 Å². The number of amides is 1. The van der Waals surface area contributed by atoms with Gasteiger partial charge in [-0.15, -0.1) is 0 Å². The Morgan fingerprint density at radius 3 is 2.76 bits per heavy atom. The minimum Gasteiger partial charge on any atom is -0.478 e. The van der Waals surface area contributed by atoms with E-state index >= 15 is 0 Å². The van der Waals surface area contributed by atoms with Crippen molar-refractivity contribution < 1.29 is 19.1 Å². The molecule has 0 atom stereocenters. The molecule has 0 aliphatic rings. The molecule has 0 saturated carbocycles. The highest BCUT2D eigenvalue weighted by Gasteiger charge is 2.11. The Morgan fingerprint density at radius 2 is 2.05 bits per heavy atom. The molecule has 2 aromatic rings. The smallest absolute Gasteiger partial charge is 0.335 e. The summed E-state index contributed by atoms with van der Waals surface area (Å²) < 4.78 is 13.3. The lowest BCUT2D eigenvalue weighted by Crippen LogP contribution is -2.26. The van der Waals surface area contributed by atoms with Gasteiger partial charge in [0.15, 0.2) is 0 Å². The second kappa shape index (κ2) is 6.60. The molecule has 0 saturated heterocycles. The summed E-state index contributed by atoms with van der Waals surface area (Å²) in [7, 11) is 0. The standard InChI is InChI=1S/C15H13FN2O3/c16-13-12(5-2-7-17-13)14(19)18-8-6-10-3-1-4-11(9-10)15(20)21/h1-5,7,9H,6,8H2,(H,18,19)(H,20,21). The summed E-state index contributed by atoms with van der Waals surface area (Å²) >= 11 is 0. The maximum atomic E-state index is 13.3. The third-order valence-corrected chi connectivity index (χ3v) is 2.88. The molecule has 0 spiro atoms. The second-order valence-corrected chi connectivity index (χ2v) is 4.35. The van der Waals surface area contributed by atoms with Crippen LogP contribution in [0.1, 0.15) is 26.3 Å². The molecule has 0 unspecified atom stereocenters. The maximum absolute atomic E-state index is 13.3. The summed E-state index contributed by atoms with van der Waals surface area (Å²) in [6.45, 7) is 0.274. The highest BCUT2D eigenvalue weighted by atomic mass is 19.1. The topological polar surface area (TPSA) is 79.3 Å². The minimum absolute atomic E-state index is 0.114. The molecule has 5 nitrogen and oxygen atoms in total. The van der Waals surface area contributed by atoms with Crippen molar-refractivity contribution in [1.82, 2.24) is 10.3 Å². The average molecular weight is 288 g/mol. The summed E-state index contributed by atoms with van der Waals surface area (Å²) in [4.78, 5) is 26.0. The van der Waals surface area contributed by atoms with Crippen molar-refractivity contribution >= 4 is 11.9 Å². The van der Waals surface area contributed by atoms with Gasteiger partial charge in [0.25, 0.3) is 5.91 Å². The van der Waals surface area contributed by atoms with Gasteiger partial charge >= 0.3 is 5.97 Å². The summed E-state index contributed by atoms with van der Waals surface area (Å²) in [5.74, 6) is -2.36. The molecule has 0 bridgehead atoms. The van der Waals surface area contributed by atoms with E-state index in [9.17, 15) is 14.0 Å². The van der Waals surface area contributed by atoms with Crippen molar-refractivity contribution in [3.05, 3.63) is 65.2 Å². The highest BCUT2D eigenvalue weighted by Crippen LogP contribution is 2.06. The zero-order valence-electron chi connectivity index (χ0n) is 11.0. The molecule has 6 heteroatoms. The molecule has 0 fully saturated rings. The summed E-state index contributed by atoms with van der Waals surface area (Å²) in [6, 6.07) is 9.27. The number of carbonyl (C=O) groups excluding carboxylic acids is 1. The fourth-order valence-electron chi connectivity index (χ4n) is 1.83. The van der Waals surface area contributed by atoms with E-state index in [0.29, 0.717) is 6.42 Å². The van der Waals surface area contributed by atoms with E-state index in [4.69, 9.17) is 5.11 Å². The van der Waals surface area contributed by atoms with Crippen LogP contribution in [0.5, 0.6) is 0 Å². The fourth-order valence-corrected chi connectivity index (χ4v) is 1.83. The summed E-state index contributed by atoms with van der Waals surface area (Å²) in [5, 5.41) is 11.5. The first-order valence-electron chi connectivity index (χ1n) is 6.29. The van der Waals surface area contributed by atoms with Gasteiger partial charge in [-0.25, -0.2) is 9.78 Å². The Kier molecular flexibility index (Phi) is 4.61. The van der Waals surface area contributed by atoms with E-state index in [1.807, 2.05) is 0 Å². The number of carbonyl (C=O) groups is 2. The number of halogens is 1. The van der Waals surface area contributed by atoms with Gasteiger partial charge < -0.3 is 10.4 Å². The fraction of sp³-hybridized carbons (Fsp3) is 0.133. The van der Waals surface area contributed by atoms with E-state index < -0.39 is 17.8 Å². The molecule has 1 heterocycles. The van der Waals surface area contributed by atoms with E-state index in [1.54, 1.807) is 18.2 Å². The van der Waals surface area contributed by atoms with Gasteiger partial charge in [-0.3, -0.25) is 4.79 Å². The van der Waals surface area contributed by atoms with Crippen molar-refractivity contribution in [2.75, 3.05) is 6.54 Å². The van der Waals surface area contributed by atoms with Crippen LogP contribution in [0.15, 0.2) is 42.6 Å². The van der Waals surface area contributed by atoms with Crippen LogP contribution in [0.2, 0.25) is 0 Å². The van der Waals surface area contributed by atoms with Crippen LogP contribution in [0, 0.1) is 5.95 Å². The summed E-state index contributed by atoms with van der Waals surface area (Å²) in [5.41, 5.74) is 0.857. The predicted molar refractivity (Wildman–Crippen MR) is 73.6 cm³/mol. The van der Waals surface area contributed by atoms with Crippen LogP contribution in [0.4, 0.5) is 4.39 Å². The number of rotatable bonds is 5. The number of carboxylic acid groups (broad SMARTS) is 1. The molecule has 2 rings (SSSR count). The molecular formula is C15H13FN2O3. The normalized spacial score (nSPS) is 10.1. The van der Waals surface area contributed by atoms with Gasteiger partial charge in [0.1, 0.15) is 0 Å². The molecule has 1 aromatic heterocycles. The van der Waals surface area contributed by atoms with Gasteiger partial charge in [0, 0.05) is 12.7 Å². The number of carboxylic acids is 1. The molecule has 108 valence electrons. The Balaban J connectivity index is 1.93. The Labute approximate surface area is 120 Å². The number of benzene rings is 1. The van der Waals surface area contributed by atoms with Crippen LogP contribution in [-0.2, 0) is 6.42 Å². The van der Waals surface area contributed by atoms with Crippen molar-refractivity contribution in [3.8, 4) is 0 Å². The van der Waals surface area contributed by atoms with Crippen LogP contribution >= 0.6 is 0 Å².